The van der Waals surface area contributed by atoms with Crippen LogP contribution in [0.25, 0.3) is 51.2 Å². The molecule has 8 heterocycles. The number of para-hydroxylation sites is 1. The zero-order valence-corrected chi connectivity index (χ0v) is 74.2. The first kappa shape index (κ1) is 88.7. The summed E-state index contributed by atoms with van der Waals surface area (Å²) in [4.78, 5) is 19.0. The van der Waals surface area contributed by atoms with E-state index in [1.165, 1.54) is 124 Å². The van der Waals surface area contributed by atoms with Crippen molar-refractivity contribution >= 4 is 0 Å². The van der Waals surface area contributed by atoms with E-state index in [1.807, 2.05) is 82.7 Å². The zero-order valence-electron chi connectivity index (χ0n) is 64.6. The van der Waals surface area contributed by atoms with Crippen LogP contribution in [-0.2, 0) is 124 Å². The third kappa shape index (κ3) is 23.7. The van der Waals surface area contributed by atoms with Crippen LogP contribution in [0.2, 0.25) is 0 Å². The van der Waals surface area contributed by atoms with Crippen molar-refractivity contribution in [1.82, 2.24) is 79.0 Å². The molecule has 4 aliphatic carbocycles. The van der Waals surface area contributed by atoms with Crippen LogP contribution in [0.15, 0.2) is 73.2 Å². The molecule has 0 unspecified atom stereocenters. The Morgan fingerprint density at radius 2 is 0.867 bits per heavy atom. The minimum atomic E-state index is -3.07. The third-order valence-electron chi connectivity index (χ3n) is 19.7. The van der Waals surface area contributed by atoms with E-state index in [0.717, 1.165) is 121 Å². The number of hydrogen-bond donors (Lipinski definition) is 0. The smallest absolute Gasteiger partial charge is 0.303 e. The van der Waals surface area contributed by atoms with Gasteiger partial charge in [0.1, 0.15) is 17.5 Å². The SMILES string of the molecule is CC(C)Cc1nnc(-c2[c-]cc(C3CCCC3)nc2)n1-c1ccccc1.CC(C)Cc1nnc(-c2[c-]ccnc2C2CCCC2)n1CC(C)C.CC(C)Cc1nnc(-c2[c-]ccnc2C2CCCCC2)n1CC(C)C.Cc1nc(C2CCCCC2)c[c-]c1-c1nnc(C(C)(F)F)n1C(C)(C)C.[Ir].[Ir].[Ir].[Ir]. The largest absolute Gasteiger partial charge is 0.356 e. The van der Waals surface area contributed by atoms with Crippen molar-refractivity contribution in [2.75, 3.05) is 0 Å². The van der Waals surface area contributed by atoms with Gasteiger partial charge in [-0.3, -0.25) is 0 Å². The number of pyridine rings is 4. The monoisotopic (exact) mass is 2140 g/mol. The molecule has 0 atom stereocenters. The third-order valence-corrected chi connectivity index (χ3v) is 19.7. The summed E-state index contributed by atoms with van der Waals surface area (Å²) in [6.45, 7) is 32.6. The average molecular weight is 2140 g/mol. The van der Waals surface area contributed by atoms with Crippen molar-refractivity contribution < 1.29 is 89.2 Å². The van der Waals surface area contributed by atoms with E-state index in [1.54, 1.807) is 0 Å². The molecule has 105 heavy (non-hydrogen) atoms. The van der Waals surface area contributed by atoms with Gasteiger partial charge in [-0.15, -0.1) is 68.9 Å². The van der Waals surface area contributed by atoms with Crippen LogP contribution in [0.5, 0.6) is 0 Å². The fraction of sp³-hybridized carbons (Fsp3) is 0.590. The van der Waals surface area contributed by atoms with E-state index in [4.69, 9.17) is 19.9 Å². The number of nitrogens with zero attached hydrogens (tertiary/aromatic N) is 16. The zero-order chi connectivity index (χ0) is 72.0. The minimum absolute atomic E-state index is 0. The summed E-state index contributed by atoms with van der Waals surface area (Å²) in [5.41, 5.74) is 9.49. The van der Waals surface area contributed by atoms with Crippen LogP contribution in [0.1, 0.15) is 288 Å². The summed E-state index contributed by atoms with van der Waals surface area (Å²) in [7, 11) is 0. The topological polar surface area (TPSA) is 174 Å². The molecule has 4 fully saturated rings. The second kappa shape index (κ2) is 41.6. The van der Waals surface area contributed by atoms with Gasteiger partial charge in [-0.05, 0) is 115 Å². The van der Waals surface area contributed by atoms with Crippen molar-refractivity contribution in [3.63, 3.8) is 0 Å². The van der Waals surface area contributed by atoms with E-state index in [0.29, 0.717) is 64.6 Å². The minimum Gasteiger partial charge on any atom is -0.356 e. The normalized spacial score (nSPS) is 15.3. The van der Waals surface area contributed by atoms with Crippen LogP contribution in [0, 0.1) is 60.8 Å². The van der Waals surface area contributed by atoms with E-state index in [2.05, 4.69) is 166 Å². The van der Waals surface area contributed by atoms with E-state index in [9.17, 15) is 8.78 Å². The van der Waals surface area contributed by atoms with Crippen LogP contribution in [0.3, 0.4) is 0 Å². The summed E-state index contributed by atoms with van der Waals surface area (Å²) >= 11 is 0. The number of aryl methyl sites for hydroxylation is 1. The number of aromatic nitrogens is 16. The van der Waals surface area contributed by atoms with Crippen LogP contribution in [0.4, 0.5) is 8.78 Å². The molecular formula is C83H112F2Ir4N16-4. The Balaban J connectivity index is 0.000000217. The van der Waals surface area contributed by atoms with Gasteiger partial charge >= 0.3 is 5.92 Å². The number of alkyl halides is 2. The first-order valence-electron chi connectivity index (χ1n) is 38.1. The molecule has 8 aromatic heterocycles. The molecular weight excluding hydrogens is 2030 g/mol. The van der Waals surface area contributed by atoms with Gasteiger partial charge in [0.05, 0.1) is 23.3 Å². The molecule has 578 valence electrons. The summed E-state index contributed by atoms with van der Waals surface area (Å²) in [6.07, 6.45) is 31.2. The Morgan fingerprint density at radius 3 is 1.30 bits per heavy atom. The second-order valence-electron chi connectivity index (χ2n) is 32.0. The molecule has 16 nitrogen and oxygen atoms in total. The van der Waals surface area contributed by atoms with Crippen molar-refractivity contribution in [3.05, 3.63) is 149 Å². The number of rotatable bonds is 20. The molecule has 13 rings (SSSR count). The Labute approximate surface area is 679 Å². The number of benzene rings is 1. The number of hydrogen-bond acceptors (Lipinski definition) is 12. The van der Waals surface area contributed by atoms with Crippen molar-refractivity contribution in [2.24, 2.45) is 29.6 Å². The molecule has 4 aliphatic rings. The van der Waals surface area contributed by atoms with Crippen molar-refractivity contribution in [2.45, 2.75) is 287 Å². The molecule has 1 aromatic carbocycles. The van der Waals surface area contributed by atoms with Gasteiger partial charge in [-0.2, -0.15) is 29.2 Å². The van der Waals surface area contributed by atoms with Gasteiger partial charge in [0.25, 0.3) is 0 Å². The Bertz CT molecular complexity index is 4030. The van der Waals surface area contributed by atoms with Gasteiger partial charge < -0.3 is 38.2 Å². The first-order valence-corrected chi connectivity index (χ1v) is 38.1. The quantitative estimate of drug-likeness (QED) is 0.0662. The predicted octanol–water partition coefficient (Wildman–Crippen LogP) is 20.0. The maximum atomic E-state index is 14.0. The summed E-state index contributed by atoms with van der Waals surface area (Å²) in [5.74, 6) is 7.81. The molecule has 4 saturated carbocycles. The Hall–Kier alpha value is -5.16. The van der Waals surface area contributed by atoms with E-state index in [-0.39, 0.29) is 86.2 Å². The summed E-state index contributed by atoms with van der Waals surface area (Å²) in [5, 5.41) is 35.1. The second-order valence-corrected chi connectivity index (χ2v) is 32.0. The number of halogens is 2. The summed E-state index contributed by atoms with van der Waals surface area (Å²) < 4.78 is 36.3. The van der Waals surface area contributed by atoms with E-state index < -0.39 is 11.5 Å². The van der Waals surface area contributed by atoms with Gasteiger partial charge in [0, 0.05) is 131 Å². The van der Waals surface area contributed by atoms with Crippen LogP contribution in [-0.4, -0.2) is 79.0 Å². The van der Waals surface area contributed by atoms with Gasteiger partial charge in [-0.1, -0.05) is 251 Å². The van der Waals surface area contributed by atoms with Crippen LogP contribution >= 0.6 is 0 Å². The molecule has 22 heteroatoms. The molecule has 0 aliphatic heterocycles. The Kier molecular flexibility index (Phi) is 35.1. The van der Waals surface area contributed by atoms with Gasteiger partial charge in [-0.25, -0.2) is 0 Å². The van der Waals surface area contributed by atoms with Crippen molar-refractivity contribution in [1.29, 1.82) is 0 Å². The fourth-order valence-electron chi connectivity index (χ4n) is 15.0. The molecule has 0 spiro atoms. The standard InChI is InChI=1S/C22H25N4.C21H31N4.C20H27F2N4.C20H29N4.4Ir/c1-16(2)14-21-24-25-22(26(21)19-10-4-3-5-11-19)18-12-13-20(23-15-18)17-8-6-7-9-17;1-15(2)13-19-23-24-21(25(19)14-16(3)4)18-11-8-12-22-20(18)17-9-6-5-7-10-17;1-13-15(11-12-16(23-13)14-9-7-6-8-10-14)17-24-25-18(20(5,21)22)26(17)19(2,3)4;1-14(2)12-18-22-23-20(24(18)13-15(3)4)17-10-7-11-21-19(17)16-8-5-6-9-16;;;;/h3-5,10-11,13,15-17H,6-9,14H2,1-2H3;8,12,15-17H,5-7,9-10,13-14H2,1-4H3;12,14H,6-10H2,1-5H3;7,11,14-16H,5-6,8-9,12-13H2,1-4H3;;;;/q4*-1;;;;. The van der Waals surface area contributed by atoms with Gasteiger partial charge in [0.2, 0.25) is 0 Å². The maximum Gasteiger partial charge on any atom is 0.303 e. The molecule has 0 amide bonds. The average Bonchev–Trinajstić information content (AvgIpc) is 1.65. The van der Waals surface area contributed by atoms with Gasteiger partial charge in [0.15, 0.2) is 5.82 Å². The first-order chi connectivity index (χ1) is 48.4. The summed E-state index contributed by atoms with van der Waals surface area (Å²) in [6, 6.07) is 31.6. The van der Waals surface area contributed by atoms with Crippen molar-refractivity contribution in [3.8, 4) is 51.2 Å². The Morgan fingerprint density at radius 1 is 0.448 bits per heavy atom. The molecule has 4 radical (unpaired) electrons. The van der Waals surface area contributed by atoms with Crippen LogP contribution < -0.4 is 0 Å². The molecule has 0 bridgehead atoms. The molecule has 0 N–H and O–H groups in total. The molecule has 9 aromatic rings. The molecule has 0 saturated heterocycles. The fourth-order valence-corrected chi connectivity index (χ4v) is 15.0. The predicted molar refractivity (Wildman–Crippen MR) is 398 cm³/mol. The maximum absolute atomic E-state index is 14.0. The van der Waals surface area contributed by atoms with E-state index >= 15 is 0 Å².